The molecule has 0 bridgehead atoms. The van der Waals surface area contributed by atoms with Gasteiger partial charge in [0.25, 0.3) is 0 Å². The first-order chi connectivity index (χ1) is 6.21. The smallest absolute Gasteiger partial charge is 0.280 e. The van der Waals surface area contributed by atoms with Crippen LogP contribution in [0.1, 0.15) is 0 Å². The molecule has 12 heteroatoms. The van der Waals surface area contributed by atoms with Crippen LogP contribution in [-0.4, -0.2) is 35.2 Å². The molecule has 5 nitrogen and oxygen atoms in total. The summed E-state index contributed by atoms with van der Waals surface area (Å²) in [6, 6.07) is 0. The Kier molecular flexibility index (Phi) is 3.65. The van der Waals surface area contributed by atoms with E-state index in [2.05, 4.69) is 0 Å². The molecule has 0 rings (SSSR count). The third kappa shape index (κ3) is 3.41. The molecule has 0 aromatic carbocycles. The van der Waals surface area contributed by atoms with Gasteiger partial charge in [-0.25, -0.2) is 8.42 Å². The second-order valence-electron chi connectivity index (χ2n) is 2.42. The summed E-state index contributed by atoms with van der Waals surface area (Å²) in [4.78, 5) is 0. The zero-order valence-electron chi connectivity index (χ0n) is 6.92. The van der Waals surface area contributed by atoms with Gasteiger partial charge >= 0.3 is 11.4 Å². The average Bonchev–Trinajstić information content (AvgIpc) is 1.77. The van der Waals surface area contributed by atoms with Crippen molar-refractivity contribution in [3.05, 3.63) is 0 Å². The highest BCUT2D eigenvalue weighted by atomic mass is 32.3. The Balaban J connectivity index is 5.21. The van der Waals surface area contributed by atoms with Crippen molar-refractivity contribution < 1.29 is 39.5 Å². The molecule has 0 saturated heterocycles. The van der Waals surface area contributed by atoms with Crippen LogP contribution in [0.3, 0.4) is 0 Å². The molecule has 3 N–H and O–H groups in total. The van der Waals surface area contributed by atoms with Crippen LogP contribution in [-0.2, 0) is 10.0 Å². The zero-order valence-corrected chi connectivity index (χ0v) is 8.55. The van der Waals surface area contributed by atoms with Crippen LogP contribution in [0.15, 0.2) is 0 Å². The molecule has 0 aliphatic rings. The number of alkyl halides is 5. The van der Waals surface area contributed by atoms with Crippen molar-refractivity contribution in [2.24, 2.45) is 0 Å². The highest BCUT2D eigenvalue weighted by Gasteiger charge is 2.67. The predicted octanol–water partition coefficient (Wildman–Crippen LogP) is 1.36. The van der Waals surface area contributed by atoms with E-state index < -0.39 is 32.2 Å². The van der Waals surface area contributed by atoms with Gasteiger partial charge in [-0.05, 0) is 0 Å². The molecule has 0 spiro atoms. The lowest BCUT2D eigenvalue weighted by molar-refractivity contribution is -0.244. The highest BCUT2D eigenvalue weighted by molar-refractivity contribution is 8.28. The Bertz CT molecular complexity index is 335. The van der Waals surface area contributed by atoms with E-state index in [0.717, 1.165) is 0 Å². The topological polar surface area (TPSA) is 86.6 Å². The maximum absolute atomic E-state index is 12.3. The van der Waals surface area contributed by atoms with Crippen molar-refractivity contribution in [2.45, 2.75) is 11.4 Å². The molecule has 0 aliphatic heterocycles. The summed E-state index contributed by atoms with van der Waals surface area (Å²) in [6.07, 6.45) is -6.07. The monoisotopic (exact) mass is 279 g/mol. The largest absolute Gasteiger partial charge is 0.475 e. The molecule has 94 valence electrons. The quantitative estimate of drug-likeness (QED) is 0.681. The Morgan fingerprint density at radius 1 is 1.07 bits per heavy atom. The fourth-order valence-electron chi connectivity index (χ4n) is 0.425. The average molecular weight is 279 g/mol. The molecule has 0 heterocycles. The van der Waals surface area contributed by atoms with Gasteiger partial charge in [-0.2, -0.15) is 22.0 Å². The summed E-state index contributed by atoms with van der Waals surface area (Å²) in [5, 5.41) is -5.96. The Labute approximate surface area is 82.8 Å². The van der Waals surface area contributed by atoms with Crippen molar-refractivity contribution in [3.8, 4) is 0 Å². The van der Waals surface area contributed by atoms with E-state index in [-0.39, 0.29) is 6.26 Å². The Morgan fingerprint density at radius 2 is 1.40 bits per heavy atom. The van der Waals surface area contributed by atoms with Gasteiger partial charge in [0.15, 0.2) is 0 Å². The Hall–Kier alpha value is -0.170. The van der Waals surface area contributed by atoms with E-state index in [1.807, 2.05) is 0 Å². The van der Waals surface area contributed by atoms with Crippen molar-refractivity contribution in [2.75, 3.05) is 6.26 Å². The summed E-state index contributed by atoms with van der Waals surface area (Å²) in [5.41, 5.74) is 0. The summed E-state index contributed by atoms with van der Waals surface area (Å²) in [6.45, 7) is 0. The maximum atomic E-state index is 12.3. The standard InChI is InChI=1S/C3H6F5NO4S2/c1-14(10,11)9-15(12,13)3(7,8)2(4,5)6/h9,12-13H,1H3. The van der Waals surface area contributed by atoms with Crippen molar-refractivity contribution in [1.29, 1.82) is 0 Å². The van der Waals surface area contributed by atoms with Crippen LogP contribution in [0.5, 0.6) is 0 Å². The van der Waals surface area contributed by atoms with E-state index in [4.69, 9.17) is 9.11 Å². The molecule has 0 atom stereocenters. The van der Waals surface area contributed by atoms with Gasteiger partial charge in [0.1, 0.15) is 0 Å². The number of hydrogen-bond donors (Lipinski definition) is 3. The van der Waals surface area contributed by atoms with Gasteiger partial charge < -0.3 is 0 Å². The molecular formula is C3H6F5NO4S2. The van der Waals surface area contributed by atoms with Gasteiger partial charge in [0.2, 0.25) is 10.0 Å². The van der Waals surface area contributed by atoms with Gasteiger partial charge in [-0.15, -0.1) is 4.13 Å². The van der Waals surface area contributed by atoms with Crippen LogP contribution >= 0.6 is 10.8 Å². The maximum Gasteiger partial charge on any atom is 0.475 e. The first-order valence-corrected chi connectivity index (χ1v) is 6.35. The highest BCUT2D eigenvalue weighted by Crippen LogP contribution is 2.59. The lowest BCUT2D eigenvalue weighted by Crippen LogP contribution is -2.47. The van der Waals surface area contributed by atoms with E-state index in [9.17, 15) is 30.4 Å². The van der Waals surface area contributed by atoms with Crippen molar-refractivity contribution in [3.63, 3.8) is 0 Å². The molecule has 0 radical (unpaired) electrons. The fourth-order valence-corrected chi connectivity index (χ4v) is 2.85. The molecular weight excluding hydrogens is 273 g/mol. The van der Waals surface area contributed by atoms with Crippen LogP contribution in [0.25, 0.3) is 0 Å². The predicted molar refractivity (Wildman–Crippen MR) is 41.8 cm³/mol. The molecule has 15 heavy (non-hydrogen) atoms. The van der Waals surface area contributed by atoms with E-state index >= 15 is 0 Å². The number of sulfonamides is 1. The fraction of sp³-hybridized carbons (Fsp3) is 1.00. The molecule has 0 unspecified atom stereocenters. The summed E-state index contributed by atoms with van der Waals surface area (Å²) in [5.74, 6) is 0. The van der Waals surface area contributed by atoms with Gasteiger partial charge in [-0.1, -0.05) is 10.8 Å². The summed E-state index contributed by atoms with van der Waals surface area (Å²) < 4.78 is 97.4. The van der Waals surface area contributed by atoms with Gasteiger partial charge in [-0.3, -0.25) is 9.11 Å². The zero-order chi connectivity index (χ0) is 12.7. The minimum atomic E-state index is -6.27. The number of hydrogen-bond acceptors (Lipinski definition) is 4. The molecule has 0 aromatic rings. The number of halogens is 5. The second-order valence-corrected chi connectivity index (χ2v) is 6.24. The molecule has 0 amide bonds. The van der Waals surface area contributed by atoms with Crippen molar-refractivity contribution in [1.82, 2.24) is 4.13 Å². The first kappa shape index (κ1) is 14.8. The number of rotatable bonds is 3. The second kappa shape index (κ2) is 3.69. The van der Waals surface area contributed by atoms with Crippen LogP contribution < -0.4 is 4.13 Å². The van der Waals surface area contributed by atoms with Crippen LogP contribution in [0, 0.1) is 0 Å². The van der Waals surface area contributed by atoms with Crippen LogP contribution in [0.4, 0.5) is 22.0 Å². The van der Waals surface area contributed by atoms with E-state index in [0.29, 0.717) is 4.13 Å². The molecule has 0 aromatic heterocycles. The van der Waals surface area contributed by atoms with Gasteiger partial charge in [0, 0.05) is 0 Å². The minimum Gasteiger partial charge on any atom is -0.280 e. The Morgan fingerprint density at radius 3 is 1.60 bits per heavy atom. The van der Waals surface area contributed by atoms with Crippen LogP contribution in [0.2, 0.25) is 0 Å². The van der Waals surface area contributed by atoms with Gasteiger partial charge in [0.05, 0.1) is 6.26 Å². The summed E-state index contributed by atoms with van der Waals surface area (Å²) in [7, 11) is -10.5. The normalized spacial score (nSPS) is 16.5. The first-order valence-electron chi connectivity index (χ1n) is 2.91. The van der Waals surface area contributed by atoms with E-state index in [1.165, 1.54) is 0 Å². The third-order valence-corrected chi connectivity index (χ3v) is 4.04. The van der Waals surface area contributed by atoms with E-state index in [1.54, 1.807) is 0 Å². The minimum absolute atomic E-state index is 0.202. The molecule has 0 fully saturated rings. The lowest BCUT2D eigenvalue weighted by Gasteiger charge is -2.38. The lowest BCUT2D eigenvalue weighted by atomic mass is 10.7. The molecule has 0 saturated carbocycles. The van der Waals surface area contributed by atoms with Crippen molar-refractivity contribution >= 4 is 20.8 Å². The summed E-state index contributed by atoms with van der Waals surface area (Å²) >= 11 is 0. The molecule has 0 aliphatic carbocycles. The third-order valence-electron chi connectivity index (χ3n) is 0.955. The number of nitrogens with one attached hydrogen (secondary N) is 1. The SMILES string of the molecule is CS(=O)(=O)NS(O)(O)C(F)(F)C(F)(F)F.